The van der Waals surface area contributed by atoms with Gasteiger partial charge in [0.15, 0.2) is 0 Å². The van der Waals surface area contributed by atoms with Gasteiger partial charge in [0.1, 0.15) is 11.6 Å². The Morgan fingerprint density at radius 2 is 1.34 bits per heavy atom. The van der Waals surface area contributed by atoms with Crippen LogP contribution in [0.15, 0.2) is 72.8 Å². The van der Waals surface area contributed by atoms with Gasteiger partial charge in [0.2, 0.25) is 0 Å². The van der Waals surface area contributed by atoms with E-state index >= 15 is 0 Å². The molecule has 0 aromatic heterocycles. The highest BCUT2D eigenvalue weighted by molar-refractivity contribution is 5.38. The lowest BCUT2D eigenvalue weighted by Crippen LogP contribution is -2.29. The Labute approximate surface area is 164 Å². The van der Waals surface area contributed by atoms with Crippen molar-refractivity contribution in [1.29, 1.82) is 0 Å². The molecule has 0 amide bonds. The van der Waals surface area contributed by atoms with Crippen molar-refractivity contribution in [2.24, 2.45) is 0 Å². The molecule has 0 fully saturated rings. The molecule has 0 aliphatic heterocycles. The molecule has 0 bridgehead atoms. The third-order valence-electron chi connectivity index (χ3n) is 4.70. The highest BCUT2D eigenvalue weighted by atomic mass is 19.3. The zero-order valence-corrected chi connectivity index (χ0v) is 15.3. The van der Waals surface area contributed by atoms with Gasteiger partial charge in [-0.1, -0.05) is 48.5 Å². The SMILES string of the molecule is Fc1ccc([C@H](Cc2ccccc2)c2cc(F)cc(CC(F)(F)C(F)F)c2)cc1. The van der Waals surface area contributed by atoms with E-state index in [1.54, 1.807) is 12.1 Å². The molecule has 0 spiro atoms. The lowest BCUT2D eigenvalue weighted by Gasteiger charge is -2.21. The summed E-state index contributed by atoms with van der Waals surface area (Å²) in [6.45, 7) is 0. The molecule has 29 heavy (non-hydrogen) atoms. The maximum atomic E-state index is 14.2. The van der Waals surface area contributed by atoms with E-state index < -0.39 is 36.3 Å². The van der Waals surface area contributed by atoms with Gasteiger partial charge >= 0.3 is 12.3 Å². The van der Waals surface area contributed by atoms with Crippen LogP contribution in [0.1, 0.15) is 28.2 Å². The van der Waals surface area contributed by atoms with Crippen LogP contribution < -0.4 is 0 Å². The van der Waals surface area contributed by atoms with E-state index in [0.717, 1.165) is 11.6 Å². The molecule has 3 aromatic carbocycles. The number of hydrogen-bond acceptors (Lipinski definition) is 0. The zero-order chi connectivity index (χ0) is 21.0. The molecular formula is C23H18F6. The van der Waals surface area contributed by atoms with Crippen molar-refractivity contribution in [1.82, 2.24) is 0 Å². The van der Waals surface area contributed by atoms with Crippen LogP contribution in [0.2, 0.25) is 0 Å². The predicted molar refractivity (Wildman–Crippen MR) is 99.4 cm³/mol. The van der Waals surface area contributed by atoms with Crippen LogP contribution in [-0.2, 0) is 12.8 Å². The Morgan fingerprint density at radius 3 is 1.97 bits per heavy atom. The summed E-state index contributed by atoms with van der Waals surface area (Å²) in [4.78, 5) is 0. The molecule has 3 aromatic rings. The van der Waals surface area contributed by atoms with E-state index in [1.165, 1.54) is 24.3 Å². The minimum atomic E-state index is -4.25. The van der Waals surface area contributed by atoms with Gasteiger partial charge in [-0.2, -0.15) is 8.78 Å². The van der Waals surface area contributed by atoms with Gasteiger partial charge in [-0.05, 0) is 52.9 Å². The Bertz CT molecular complexity index is 935. The van der Waals surface area contributed by atoms with Crippen LogP contribution in [0.5, 0.6) is 0 Å². The summed E-state index contributed by atoms with van der Waals surface area (Å²) in [6, 6.07) is 18.2. The first-order chi connectivity index (χ1) is 13.7. The minimum Gasteiger partial charge on any atom is -0.207 e. The molecule has 0 unspecified atom stereocenters. The van der Waals surface area contributed by atoms with Crippen molar-refractivity contribution < 1.29 is 26.3 Å². The second-order valence-corrected chi connectivity index (χ2v) is 6.93. The Morgan fingerprint density at radius 1 is 0.690 bits per heavy atom. The summed E-state index contributed by atoms with van der Waals surface area (Å²) in [5, 5.41) is 0. The van der Waals surface area contributed by atoms with E-state index in [-0.39, 0.29) is 5.56 Å². The van der Waals surface area contributed by atoms with Crippen molar-refractivity contribution in [3.63, 3.8) is 0 Å². The van der Waals surface area contributed by atoms with Crippen LogP contribution in [0.25, 0.3) is 0 Å². The van der Waals surface area contributed by atoms with E-state index in [9.17, 15) is 26.3 Å². The van der Waals surface area contributed by atoms with Crippen molar-refractivity contribution in [2.75, 3.05) is 0 Å². The molecule has 6 heteroatoms. The molecule has 0 heterocycles. The molecule has 152 valence electrons. The smallest absolute Gasteiger partial charge is 0.207 e. The van der Waals surface area contributed by atoms with Crippen molar-refractivity contribution in [3.8, 4) is 0 Å². The molecule has 0 nitrogen and oxygen atoms in total. The van der Waals surface area contributed by atoms with Gasteiger partial charge < -0.3 is 0 Å². The van der Waals surface area contributed by atoms with Crippen LogP contribution in [-0.4, -0.2) is 12.3 Å². The molecule has 3 rings (SSSR count). The summed E-state index contributed by atoms with van der Waals surface area (Å²) >= 11 is 0. The average molecular weight is 408 g/mol. The number of halogens is 6. The lowest BCUT2D eigenvalue weighted by molar-refractivity contribution is -0.127. The van der Waals surface area contributed by atoms with Gasteiger partial charge in [-0.25, -0.2) is 17.6 Å². The maximum Gasteiger partial charge on any atom is 0.311 e. The van der Waals surface area contributed by atoms with Crippen molar-refractivity contribution >= 4 is 0 Å². The Balaban J connectivity index is 2.01. The first-order valence-corrected chi connectivity index (χ1v) is 8.99. The molecule has 0 saturated carbocycles. The van der Waals surface area contributed by atoms with Gasteiger partial charge in [-0.15, -0.1) is 0 Å². The quantitative estimate of drug-likeness (QED) is 0.378. The molecule has 0 N–H and O–H groups in total. The molecule has 0 saturated heterocycles. The van der Waals surface area contributed by atoms with Gasteiger partial charge in [-0.3, -0.25) is 0 Å². The van der Waals surface area contributed by atoms with Crippen LogP contribution >= 0.6 is 0 Å². The summed E-state index contributed by atoms with van der Waals surface area (Å²) in [7, 11) is 0. The molecular weight excluding hydrogens is 390 g/mol. The van der Waals surface area contributed by atoms with E-state index in [4.69, 9.17) is 0 Å². The van der Waals surface area contributed by atoms with Crippen LogP contribution in [0.3, 0.4) is 0 Å². The molecule has 0 aliphatic rings. The summed E-state index contributed by atoms with van der Waals surface area (Å²) in [5.41, 5.74) is 1.71. The normalized spacial score (nSPS) is 12.9. The minimum absolute atomic E-state index is 0.217. The topological polar surface area (TPSA) is 0 Å². The second kappa shape index (κ2) is 8.72. The average Bonchev–Trinajstić information content (AvgIpc) is 2.67. The van der Waals surface area contributed by atoms with Gasteiger partial charge in [0, 0.05) is 12.3 Å². The van der Waals surface area contributed by atoms with Crippen molar-refractivity contribution in [3.05, 3.63) is 107 Å². The van der Waals surface area contributed by atoms with Gasteiger partial charge in [0.05, 0.1) is 0 Å². The lowest BCUT2D eigenvalue weighted by atomic mass is 9.85. The van der Waals surface area contributed by atoms with E-state index in [2.05, 4.69) is 0 Å². The maximum absolute atomic E-state index is 14.2. The summed E-state index contributed by atoms with van der Waals surface area (Å²) in [5.74, 6) is -5.95. The molecule has 1 atom stereocenters. The fraction of sp³-hybridized carbons (Fsp3) is 0.217. The largest absolute Gasteiger partial charge is 0.311 e. The zero-order valence-electron chi connectivity index (χ0n) is 15.3. The summed E-state index contributed by atoms with van der Waals surface area (Å²) in [6.07, 6.45) is -4.70. The monoisotopic (exact) mass is 408 g/mol. The number of benzene rings is 3. The first-order valence-electron chi connectivity index (χ1n) is 8.99. The predicted octanol–water partition coefficient (Wildman–Crippen LogP) is 6.78. The van der Waals surface area contributed by atoms with E-state index in [1.807, 2.05) is 30.3 Å². The standard InChI is InChI=1S/C23H18F6/c24-19-8-6-17(7-9-19)21(12-15-4-2-1-3-5-15)18-10-16(11-20(25)13-18)14-23(28,29)22(26)27/h1-11,13,21-22H,12,14H2/t21-/m0/s1. The van der Waals surface area contributed by atoms with Crippen LogP contribution in [0.4, 0.5) is 26.3 Å². The number of rotatable bonds is 7. The Kier molecular flexibility index (Phi) is 6.30. The number of hydrogen-bond donors (Lipinski definition) is 0. The van der Waals surface area contributed by atoms with Crippen LogP contribution in [0, 0.1) is 11.6 Å². The first kappa shape index (κ1) is 21.0. The third-order valence-corrected chi connectivity index (χ3v) is 4.70. The van der Waals surface area contributed by atoms with Gasteiger partial charge in [0.25, 0.3) is 0 Å². The third kappa shape index (κ3) is 5.40. The van der Waals surface area contributed by atoms with E-state index in [0.29, 0.717) is 17.5 Å². The highest BCUT2D eigenvalue weighted by Gasteiger charge is 2.40. The fourth-order valence-electron chi connectivity index (χ4n) is 3.30. The Hall–Kier alpha value is -2.76. The second-order valence-electron chi connectivity index (χ2n) is 6.93. The fourth-order valence-corrected chi connectivity index (χ4v) is 3.30. The van der Waals surface area contributed by atoms with Crippen molar-refractivity contribution in [2.45, 2.75) is 31.1 Å². The highest BCUT2D eigenvalue weighted by Crippen LogP contribution is 2.33. The molecule has 0 radical (unpaired) electrons. The molecule has 0 aliphatic carbocycles. The summed E-state index contributed by atoms with van der Waals surface area (Å²) < 4.78 is 79.7. The number of alkyl halides is 4.